The van der Waals surface area contributed by atoms with Gasteiger partial charge in [0.2, 0.25) is 0 Å². The van der Waals surface area contributed by atoms with Crippen LogP contribution in [0.3, 0.4) is 0 Å². The second kappa shape index (κ2) is 12.9. The fourth-order valence-corrected chi connectivity index (χ4v) is 2.79. The van der Waals surface area contributed by atoms with E-state index in [1.54, 1.807) is 6.07 Å². The van der Waals surface area contributed by atoms with Gasteiger partial charge in [-0.2, -0.15) is 0 Å². The zero-order valence-electron chi connectivity index (χ0n) is 15.5. The van der Waals surface area contributed by atoms with E-state index in [4.69, 9.17) is 10.2 Å². The summed E-state index contributed by atoms with van der Waals surface area (Å²) in [4.78, 5) is 45.1. The Hall–Kier alpha value is -2.44. The summed E-state index contributed by atoms with van der Waals surface area (Å²) in [5.41, 5.74) is -0.0142. The third-order valence-electron chi connectivity index (χ3n) is 3.85. The van der Waals surface area contributed by atoms with Crippen LogP contribution in [0.2, 0.25) is 0 Å². The van der Waals surface area contributed by atoms with Crippen molar-refractivity contribution in [2.75, 3.05) is 13.1 Å². The minimum atomic E-state index is -1.30. The molecule has 0 aliphatic rings. The molecule has 0 heterocycles. The minimum absolute atomic E-state index is 0.0142. The first-order valence-electron chi connectivity index (χ1n) is 8.93. The Balaban J connectivity index is 2.18. The molecule has 0 saturated heterocycles. The average molecular weight is 523 g/mol. The fraction of sp³-hybridized carbons (Fsp3) is 0.444. The molecule has 0 fully saturated rings. The molecule has 0 unspecified atom stereocenters. The van der Waals surface area contributed by atoms with Crippen LogP contribution < -0.4 is 16.0 Å². The third kappa shape index (κ3) is 10.1. The molecule has 0 aromatic heterocycles. The number of hydrogen-bond acceptors (Lipinski definition) is 4. The number of carboxylic acid groups (broad SMARTS) is 2. The third-order valence-corrected chi connectivity index (χ3v) is 4.52. The summed E-state index contributed by atoms with van der Waals surface area (Å²) in [6.07, 6.45) is 1.32. The molecule has 9 nitrogen and oxygen atoms in total. The highest BCUT2D eigenvalue weighted by atomic mass is 127. The quantitative estimate of drug-likeness (QED) is 0.209. The Morgan fingerprint density at radius 1 is 1.03 bits per heavy atom. The number of halogens is 2. The molecule has 0 saturated carbocycles. The molecular weight excluding hydrogens is 500 g/mol. The molecule has 1 aromatic carbocycles. The van der Waals surface area contributed by atoms with Gasteiger partial charge >= 0.3 is 18.0 Å². The topological polar surface area (TPSA) is 145 Å². The largest absolute Gasteiger partial charge is 0.481 e. The number of unbranched alkanes of at least 4 members (excludes halogenated alkanes) is 2. The van der Waals surface area contributed by atoms with Crippen LogP contribution in [0.25, 0.3) is 0 Å². The molecule has 3 amide bonds. The average Bonchev–Trinajstić information content (AvgIpc) is 2.63. The van der Waals surface area contributed by atoms with Crippen LogP contribution in [-0.2, 0) is 9.59 Å². The summed E-state index contributed by atoms with van der Waals surface area (Å²) < 4.78 is 14.4. The summed E-state index contributed by atoms with van der Waals surface area (Å²) in [7, 11) is 0. The van der Waals surface area contributed by atoms with Crippen molar-refractivity contribution in [3.05, 3.63) is 33.1 Å². The fourth-order valence-electron chi connectivity index (χ4n) is 2.33. The van der Waals surface area contributed by atoms with Crippen molar-refractivity contribution in [3.8, 4) is 0 Å². The smallest absolute Gasteiger partial charge is 0.326 e. The second-order valence-electron chi connectivity index (χ2n) is 6.16. The van der Waals surface area contributed by atoms with E-state index >= 15 is 0 Å². The van der Waals surface area contributed by atoms with Crippen LogP contribution in [0.15, 0.2) is 18.2 Å². The summed E-state index contributed by atoms with van der Waals surface area (Å²) in [6.45, 7) is 0.642. The number of aliphatic carboxylic acids is 2. The van der Waals surface area contributed by atoms with Gasteiger partial charge in [0, 0.05) is 23.1 Å². The summed E-state index contributed by atoms with van der Waals surface area (Å²) >= 11 is 1.95. The zero-order chi connectivity index (χ0) is 21.8. The lowest BCUT2D eigenvalue weighted by Gasteiger charge is -2.14. The van der Waals surface area contributed by atoms with Gasteiger partial charge in [-0.1, -0.05) is 0 Å². The first-order chi connectivity index (χ1) is 13.7. The Kier molecular flexibility index (Phi) is 10.9. The first kappa shape index (κ1) is 24.6. The van der Waals surface area contributed by atoms with E-state index in [1.807, 2.05) is 22.6 Å². The van der Waals surface area contributed by atoms with E-state index < -0.39 is 35.7 Å². The molecule has 1 aromatic rings. The van der Waals surface area contributed by atoms with Gasteiger partial charge in [0.25, 0.3) is 5.91 Å². The molecule has 1 rings (SSSR count). The van der Waals surface area contributed by atoms with Crippen molar-refractivity contribution in [2.45, 2.75) is 38.1 Å². The maximum absolute atomic E-state index is 13.7. The van der Waals surface area contributed by atoms with Gasteiger partial charge in [0.15, 0.2) is 0 Å². The minimum Gasteiger partial charge on any atom is -0.481 e. The molecule has 29 heavy (non-hydrogen) atoms. The Morgan fingerprint density at radius 2 is 1.69 bits per heavy atom. The van der Waals surface area contributed by atoms with E-state index in [-0.39, 0.29) is 24.9 Å². The predicted molar refractivity (Wildman–Crippen MR) is 110 cm³/mol. The van der Waals surface area contributed by atoms with Crippen molar-refractivity contribution >= 4 is 46.5 Å². The van der Waals surface area contributed by atoms with Crippen molar-refractivity contribution < 1.29 is 33.8 Å². The molecule has 5 N–H and O–H groups in total. The number of amides is 3. The number of benzene rings is 1. The highest BCUT2D eigenvalue weighted by molar-refractivity contribution is 14.1. The normalized spacial score (nSPS) is 11.4. The molecule has 1 atom stereocenters. The standard InChI is InChI=1S/C18H23FIN3O6/c19-13-10-11(20)4-5-12(13)16(26)21-8-2-1-3-9-22-18(29)23-14(17(27)28)6-7-15(24)25/h4-5,10,14H,1-3,6-9H2,(H,21,26)(H,24,25)(H,27,28)(H2,22,23,29)/t14-/m0/s1. The van der Waals surface area contributed by atoms with Gasteiger partial charge in [0.05, 0.1) is 5.56 Å². The van der Waals surface area contributed by atoms with Gasteiger partial charge in [-0.3, -0.25) is 9.59 Å². The molecule has 160 valence electrons. The predicted octanol–water partition coefficient (Wildman–Crippen LogP) is 1.95. The highest BCUT2D eigenvalue weighted by Gasteiger charge is 2.20. The first-order valence-corrected chi connectivity index (χ1v) is 10.0. The van der Waals surface area contributed by atoms with Crippen LogP contribution in [0.1, 0.15) is 42.5 Å². The van der Waals surface area contributed by atoms with Crippen molar-refractivity contribution in [1.82, 2.24) is 16.0 Å². The summed E-state index contributed by atoms with van der Waals surface area (Å²) in [6, 6.07) is 2.39. The lowest BCUT2D eigenvalue weighted by molar-refractivity contribution is -0.140. The van der Waals surface area contributed by atoms with Gasteiger partial charge in [0.1, 0.15) is 11.9 Å². The summed E-state index contributed by atoms with van der Waals surface area (Å²) in [5.74, 6) is -3.51. The van der Waals surface area contributed by atoms with Crippen molar-refractivity contribution in [1.29, 1.82) is 0 Å². The Labute approximate surface area is 180 Å². The van der Waals surface area contributed by atoms with Crippen LogP contribution in [0.4, 0.5) is 9.18 Å². The van der Waals surface area contributed by atoms with E-state index in [2.05, 4.69) is 16.0 Å². The number of carboxylic acids is 2. The lowest BCUT2D eigenvalue weighted by Crippen LogP contribution is -2.46. The van der Waals surface area contributed by atoms with Gasteiger partial charge in [-0.25, -0.2) is 14.0 Å². The molecule has 0 spiro atoms. The van der Waals surface area contributed by atoms with Crippen LogP contribution in [-0.4, -0.2) is 53.2 Å². The van der Waals surface area contributed by atoms with Crippen LogP contribution in [0.5, 0.6) is 0 Å². The lowest BCUT2D eigenvalue weighted by atomic mass is 10.1. The van der Waals surface area contributed by atoms with E-state index in [0.717, 1.165) is 0 Å². The molecular formula is C18H23FIN3O6. The maximum atomic E-state index is 13.7. The Morgan fingerprint density at radius 3 is 2.28 bits per heavy atom. The van der Waals surface area contributed by atoms with Crippen molar-refractivity contribution in [3.63, 3.8) is 0 Å². The zero-order valence-corrected chi connectivity index (χ0v) is 17.7. The number of nitrogens with one attached hydrogen (secondary N) is 3. The molecule has 11 heteroatoms. The summed E-state index contributed by atoms with van der Waals surface area (Å²) in [5, 5.41) is 24.9. The monoisotopic (exact) mass is 523 g/mol. The van der Waals surface area contributed by atoms with Gasteiger partial charge < -0.3 is 26.2 Å². The molecule has 0 aliphatic carbocycles. The van der Waals surface area contributed by atoms with Gasteiger partial charge in [-0.05, 0) is 66.5 Å². The number of carbonyl (C=O) groups excluding carboxylic acids is 2. The molecule has 0 bridgehead atoms. The van der Waals surface area contributed by atoms with Crippen molar-refractivity contribution in [2.24, 2.45) is 0 Å². The molecule has 0 radical (unpaired) electrons. The number of hydrogen-bond donors (Lipinski definition) is 5. The number of carbonyl (C=O) groups is 4. The van der Waals surface area contributed by atoms with E-state index in [0.29, 0.717) is 29.4 Å². The van der Waals surface area contributed by atoms with Crippen LogP contribution in [0, 0.1) is 9.39 Å². The number of urea groups is 1. The van der Waals surface area contributed by atoms with E-state index in [1.165, 1.54) is 12.1 Å². The Bertz CT molecular complexity index is 746. The highest BCUT2D eigenvalue weighted by Crippen LogP contribution is 2.12. The van der Waals surface area contributed by atoms with Gasteiger partial charge in [-0.15, -0.1) is 0 Å². The number of rotatable bonds is 12. The van der Waals surface area contributed by atoms with E-state index in [9.17, 15) is 23.6 Å². The SMILES string of the molecule is O=C(O)CC[C@H](NC(=O)NCCCCCNC(=O)c1ccc(I)cc1F)C(=O)O. The van der Waals surface area contributed by atoms with Crippen LogP contribution >= 0.6 is 22.6 Å². The maximum Gasteiger partial charge on any atom is 0.326 e. The molecule has 0 aliphatic heterocycles. The second-order valence-corrected chi connectivity index (χ2v) is 7.41.